The van der Waals surface area contributed by atoms with E-state index in [4.69, 9.17) is 0 Å². The van der Waals surface area contributed by atoms with Crippen LogP contribution in [0.5, 0.6) is 0 Å². The van der Waals surface area contributed by atoms with Gasteiger partial charge in [-0.25, -0.2) is 0 Å². The molecule has 0 aromatic heterocycles. The summed E-state index contributed by atoms with van der Waals surface area (Å²) in [6.07, 6.45) is 2.68. The maximum atomic E-state index is 11.3. The number of benzene rings is 1. The molecule has 86 valence electrons. The summed E-state index contributed by atoms with van der Waals surface area (Å²) >= 11 is 1.54. The minimum Gasteiger partial charge on any atom is -0.295 e. The molecule has 1 aliphatic heterocycles. The molecule has 2 nitrogen and oxygen atoms in total. The first-order valence-corrected chi connectivity index (χ1v) is 6.23. The zero-order valence-corrected chi connectivity index (χ0v) is 10.5. The molecule has 0 saturated carbocycles. The Morgan fingerprint density at radius 1 is 1.53 bits per heavy atom. The van der Waals surface area contributed by atoms with Gasteiger partial charge in [-0.15, -0.1) is 0 Å². The van der Waals surface area contributed by atoms with Gasteiger partial charge in [-0.05, 0) is 29.5 Å². The summed E-state index contributed by atoms with van der Waals surface area (Å²) in [5, 5.41) is 2.82. The Balaban J connectivity index is 2.18. The number of rotatable bonds is 3. The van der Waals surface area contributed by atoms with E-state index in [0.29, 0.717) is 0 Å². The Morgan fingerprint density at radius 3 is 3.06 bits per heavy atom. The molecular weight excluding hydrogens is 230 g/mol. The molecule has 0 spiro atoms. The second-order valence-corrected chi connectivity index (χ2v) is 4.82. The number of hydrogen-bond donors (Lipinski definition) is 0. The molecule has 17 heavy (non-hydrogen) atoms. The zero-order chi connectivity index (χ0) is 12.3. The van der Waals surface area contributed by atoms with Crippen LogP contribution in [0.25, 0.3) is 5.57 Å². The van der Waals surface area contributed by atoms with E-state index in [1.807, 2.05) is 30.5 Å². The van der Waals surface area contributed by atoms with Crippen molar-refractivity contribution in [2.24, 2.45) is 4.99 Å². The number of Topliss-reactive ketones (excluding diaryl/α,β-unsaturated/α-hetero) is 1. The molecule has 0 amide bonds. The van der Waals surface area contributed by atoms with Crippen LogP contribution in [0.4, 0.5) is 0 Å². The van der Waals surface area contributed by atoms with Crippen LogP contribution in [-0.4, -0.2) is 10.8 Å². The maximum absolute atomic E-state index is 11.3. The SMILES string of the molecule is C=CSC1=NC=C(c2cccc(C(C)=O)c2)C1. The summed E-state index contributed by atoms with van der Waals surface area (Å²) in [6, 6.07) is 7.67. The lowest BCUT2D eigenvalue weighted by atomic mass is 10.0. The summed E-state index contributed by atoms with van der Waals surface area (Å²) in [5.41, 5.74) is 2.96. The quantitative estimate of drug-likeness (QED) is 0.753. The molecule has 1 aromatic rings. The van der Waals surface area contributed by atoms with Crippen LogP contribution in [0.1, 0.15) is 29.3 Å². The second-order valence-electron chi connectivity index (χ2n) is 3.78. The van der Waals surface area contributed by atoms with Gasteiger partial charge < -0.3 is 0 Å². The van der Waals surface area contributed by atoms with E-state index in [2.05, 4.69) is 11.6 Å². The van der Waals surface area contributed by atoms with Crippen LogP contribution in [0.15, 0.2) is 47.4 Å². The normalized spacial score (nSPS) is 14.2. The number of allylic oxidation sites excluding steroid dienone is 1. The molecule has 0 aliphatic carbocycles. The number of nitrogens with zero attached hydrogens (tertiary/aromatic N) is 1. The predicted octanol–water partition coefficient (Wildman–Crippen LogP) is 3.91. The fourth-order valence-electron chi connectivity index (χ4n) is 1.69. The van der Waals surface area contributed by atoms with Crippen molar-refractivity contribution in [3.8, 4) is 0 Å². The van der Waals surface area contributed by atoms with E-state index in [1.165, 1.54) is 0 Å². The molecule has 3 heteroatoms. The van der Waals surface area contributed by atoms with Gasteiger partial charge in [-0.2, -0.15) is 0 Å². The van der Waals surface area contributed by atoms with Gasteiger partial charge in [0.25, 0.3) is 0 Å². The van der Waals surface area contributed by atoms with E-state index in [9.17, 15) is 4.79 Å². The first kappa shape index (κ1) is 11.9. The van der Waals surface area contributed by atoms with Gasteiger partial charge >= 0.3 is 0 Å². The molecule has 0 saturated heterocycles. The molecule has 0 unspecified atom stereocenters. The van der Waals surface area contributed by atoms with E-state index in [-0.39, 0.29) is 5.78 Å². The molecule has 1 aromatic carbocycles. The highest BCUT2D eigenvalue weighted by molar-refractivity contribution is 8.16. The van der Waals surface area contributed by atoms with Crippen LogP contribution >= 0.6 is 11.8 Å². The molecule has 0 bridgehead atoms. The third-order valence-corrected chi connectivity index (χ3v) is 3.25. The summed E-state index contributed by atoms with van der Waals surface area (Å²) in [5.74, 6) is 0.0899. The highest BCUT2D eigenvalue weighted by Crippen LogP contribution is 2.28. The second kappa shape index (κ2) is 5.15. The molecule has 0 fully saturated rings. The van der Waals surface area contributed by atoms with Crippen molar-refractivity contribution < 1.29 is 4.79 Å². The van der Waals surface area contributed by atoms with Crippen LogP contribution in [0.2, 0.25) is 0 Å². The van der Waals surface area contributed by atoms with Crippen molar-refractivity contribution in [2.45, 2.75) is 13.3 Å². The summed E-state index contributed by atoms with van der Waals surface area (Å²) < 4.78 is 0. The first-order chi connectivity index (χ1) is 8.20. The Hall–Kier alpha value is -1.61. The van der Waals surface area contributed by atoms with Crippen molar-refractivity contribution in [1.29, 1.82) is 0 Å². The Kier molecular flexibility index (Phi) is 3.59. The first-order valence-electron chi connectivity index (χ1n) is 5.35. The number of thioether (sulfide) groups is 1. The van der Waals surface area contributed by atoms with Gasteiger partial charge in [0, 0.05) is 18.2 Å². The smallest absolute Gasteiger partial charge is 0.159 e. The lowest BCUT2D eigenvalue weighted by molar-refractivity contribution is 0.101. The van der Waals surface area contributed by atoms with Crippen molar-refractivity contribution in [3.63, 3.8) is 0 Å². The Labute approximate surface area is 105 Å². The van der Waals surface area contributed by atoms with Gasteiger partial charge in [0.15, 0.2) is 5.78 Å². The largest absolute Gasteiger partial charge is 0.295 e. The van der Waals surface area contributed by atoms with Gasteiger partial charge in [0.05, 0.1) is 5.04 Å². The summed E-state index contributed by atoms with van der Waals surface area (Å²) in [4.78, 5) is 15.6. The summed E-state index contributed by atoms with van der Waals surface area (Å²) in [6.45, 7) is 5.25. The lowest BCUT2D eigenvalue weighted by Crippen LogP contribution is -1.94. The number of hydrogen-bond acceptors (Lipinski definition) is 3. The topological polar surface area (TPSA) is 29.4 Å². The van der Waals surface area contributed by atoms with E-state index >= 15 is 0 Å². The van der Waals surface area contributed by atoms with Crippen molar-refractivity contribution in [3.05, 3.63) is 53.6 Å². The molecular formula is C14H13NOS. The standard InChI is InChI=1S/C14H13NOS/c1-3-17-14-8-13(9-15-14)12-6-4-5-11(7-12)10(2)16/h3-7,9H,1,8H2,2H3. The van der Waals surface area contributed by atoms with Crippen molar-refractivity contribution in [2.75, 3.05) is 0 Å². The van der Waals surface area contributed by atoms with Gasteiger partial charge in [-0.3, -0.25) is 9.79 Å². The number of aliphatic imine (C=N–C) groups is 1. The molecule has 2 rings (SSSR count). The van der Waals surface area contributed by atoms with E-state index in [0.717, 1.165) is 28.2 Å². The predicted molar refractivity (Wildman–Crippen MR) is 74.3 cm³/mol. The maximum Gasteiger partial charge on any atom is 0.159 e. The zero-order valence-electron chi connectivity index (χ0n) is 9.64. The third kappa shape index (κ3) is 2.74. The van der Waals surface area contributed by atoms with Crippen molar-refractivity contribution in [1.82, 2.24) is 0 Å². The molecule has 0 N–H and O–H groups in total. The number of carbonyl (C=O) groups is 1. The van der Waals surface area contributed by atoms with Crippen LogP contribution in [-0.2, 0) is 0 Å². The van der Waals surface area contributed by atoms with E-state index in [1.54, 1.807) is 24.1 Å². The van der Waals surface area contributed by atoms with E-state index < -0.39 is 0 Å². The van der Waals surface area contributed by atoms with Crippen LogP contribution in [0.3, 0.4) is 0 Å². The van der Waals surface area contributed by atoms with Crippen molar-refractivity contribution >= 4 is 28.2 Å². The molecule has 0 radical (unpaired) electrons. The fraction of sp³-hybridized carbons (Fsp3) is 0.143. The van der Waals surface area contributed by atoms with Crippen LogP contribution < -0.4 is 0 Å². The number of carbonyl (C=O) groups excluding carboxylic acids is 1. The molecule has 1 aliphatic rings. The highest BCUT2D eigenvalue weighted by atomic mass is 32.2. The molecule has 0 atom stereocenters. The Morgan fingerprint density at radius 2 is 2.35 bits per heavy atom. The monoisotopic (exact) mass is 243 g/mol. The minimum atomic E-state index is 0.0899. The third-order valence-electron chi connectivity index (χ3n) is 2.57. The van der Waals surface area contributed by atoms with Gasteiger partial charge in [0.1, 0.15) is 0 Å². The average Bonchev–Trinajstić information content (AvgIpc) is 2.78. The molecule has 1 heterocycles. The summed E-state index contributed by atoms with van der Waals surface area (Å²) in [7, 11) is 0. The number of ketones is 1. The average molecular weight is 243 g/mol. The van der Waals surface area contributed by atoms with Gasteiger partial charge in [-0.1, -0.05) is 36.5 Å². The Bertz CT molecular complexity index is 529. The minimum absolute atomic E-state index is 0.0899. The van der Waals surface area contributed by atoms with Crippen LogP contribution in [0, 0.1) is 0 Å². The fourth-order valence-corrected chi connectivity index (χ4v) is 2.23. The van der Waals surface area contributed by atoms with Gasteiger partial charge in [0.2, 0.25) is 0 Å². The lowest BCUT2D eigenvalue weighted by Gasteiger charge is -2.04. The highest BCUT2D eigenvalue weighted by Gasteiger charge is 2.12.